The van der Waals surface area contributed by atoms with Crippen molar-refractivity contribution in [3.8, 4) is 5.75 Å². The minimum atomic E-state index is 0.564. The van der Waals surface area contributed by atoms with E-state index in [9.17, 15) is 0 Å². The van der Waals surface area contributed by atoms with E-state index in [2.05, 4.69) is 17.4 Å². The maximum absolute atomic E-state index is 5.85. The summed E-state index contributed by atoms with van der Waals surface area (Å²) in [5.74, 6) is 1.60. The first kappa shape index (κ1) is 13.4. The Morgan fingerprint density at radius 2 is 2.06 bits per heavy atom. The van der Waals surface area contributed by atoms with Crippen LogP contribution in [0, 0.1) is 5.92 Å². The average molecular weight is 248 g/mol. The van der Waals surface area contributed by atoms with Crippen LogP contribution < -0.4 is 15.8 Å². The molecule has 3 N–H and O–H groups in total. The van der Waals surface area contributed by atoms with Gasteiger partial charge in [-0.25, -0.2) is 0 Å². The van der Waals surface area contributed by atoms with Gasteiger partial charge >= 0.3 is 0 Å². The lowest BCUT2D eigenvalue weighted by Gasteiger charge is -2.31. The second-order valence-corrected chi connectivity index (χ2v) is 5.08. The Hall–Kier alpha value is -1.06. The first-order valence-electron chi connectivity index (χ1n) is 6.90. The van der Waals surface area contributed by atoms with E-state index < -0.39 is 0 Å². The lowest BCUT2D eigenvalue weighted by atomic mass is 9.84. The number of rotatable bonds is 5. The third-order valence-corrected chi connectivity index (χ3v) is 3.96. The first-order chi connectivity index (χ1) is 8.85. The van der Waals surface area contributed by atoms with Crippen LogP contribution in [-0.2, 0) is 6.54 Å². The van der Waals surface area contributed by atoms with Crippen molar-refractivity contribution < 1.29 is 4.74 Å². The second kappa shape index (κ2) is 6.76. The normalized spacial score (nSPS) is 23.9. The lowest BCUT2D eigenvalue weighted by molar-refractivity contribution is 0.266. The smallest absolute Gasteiger partial charge is 0.123 e. The fraction of sp³-hybridized carbons (Fsp3) is 0.600. The molecule has 2 rings (SSSR count). The Bertz CT molecular complexity index is 367. The molecule has 0 aromatic heterocycles. The van der Waals surface area contributed by atoms with Crippen molar-refractivity contribution in [2.75, 3.05) is 13.7 Å². The fourth-order valence-electron chi connectivity index (χ4n) is 2.85. The molecule has 1 aliphatic rings. The molecule has 2 atom stereocenters. The zero-order valence-electron chi connectivity index (χ0n) is 11.2. The topological polar surface area (TPSA) is 47.3 Å². The van der Waals surface area contributed by atoms with Gasteiger partial charge in [0.05, 0.1) is 7.11 Å². The van der Waals surface area contributed by atoms with Crippen LogP contribution >= 0.6 is 0 Å². The number of para-hydroxylation sites is 1. The molecule has 1 aromatic rings. The molecule has 3 heteroatoms. The van der Waals surface area contributed by atoms with Gasteiger partial charge in [-0.05, 0) is 31.4 Å². The van der Waals surface area contributed by atoms with Crippen molar-refractivity contribution in [1.29, 1.82) is 0 Å². The summed E-state index contributed by atoms with van der Waals surface area (Å²) in [6, 6.07) is 8.75. The van der Waals surface area contributed by atoms with E-state index in [1.54, 1.807) is 7.11 Å². The lowest BCUT2D eigenvalue weighted by Crippen LogP contribution is -2.41. The van der Waals surface area contributed by atoms with Crippen molar-refractivity contribution in [1.82, 2.24) is 5.32 Å². The van der Waals surface area contributed by atoms with Gasteiger partial charge in [-0.2, -0.15) is 0 Å². The Labute approximate surface area is 110 Å². The molecule has 1 aromatic carbocycles. The second-order valence-electron chi connectivity index (χ2n) is 5.08. The predicted molar refractivity (Wildman–Crippen MR) is 74.6 cm³/mol. The molecule has 0 saturated heterocycles. The Morgan fingerprint density at radius 3 is 2.83 bits per heavy atom. The fourth-order valence-corrected chi connectivity index (χ4v) is 2.85. The molecule has 2 unspecified atom stereocenters. The van der Waals surface area contributed by atoms with Crippen LogP contribution in [0.5, 0.6) is 5.75 Å². The third kappa shape index (κ3) is 3.24. The standard InChI is InChI=1S/C15H24N2O/c1-18-15-9-5-3-7-13(15)11-17-14-8-4-2-6-12(14)10-16/h3,5,7,9,12,14,17H,2,4,6,8,10-11,16H2,1H3. The highest BCUT2D eigenvalue weighted by Crippen LogP contribution is 2.24. The molecule has 0 bridgehead atoms. The van der Waals surface area contributed by atoms with Gasteiger partial charge in [0.1, 0.15) is 5.75 Å². The summed E-state index contributed by atoms with van der Waals surface area (Å²) >= 11 is 0. The molecule has 1 fully saturated rings. The number of nitrogens with two attached hydrogens (primary N) is 1. The van der Waals surface area contributed by atoms with Crippen molar-refractivity contribution in [3.05, 3.63) is 29.8 Å². The Morgan fingerprint density at radius 1 is 1.28 bits per heavy atom. The number of methoxy groups -OCH3 is 1. The number of hydrogen-bond donors (Lipinski definition) is 2. The number of hydrogen-bond acceptors (Lipinski definition) is 3. The van der Waals surface area contributed by atoms with Crippen molar-refractivity contribution >= 4 is 0 Å². The van der Waals surface area contributed by atoms with Gasteiger partial charge in [0.25, 0.3) is 0 Å². The maximum Gasteiger partial charge on any atom is 0.123 e. The van der Waals surface area contributed by atoms with Crippen LogP contribution in [0.2, 0.25) is 0 Å². The molecule has 0 aliphatic heterocycles. The third-order valence-electron chi connectivity index (χ3n) is 3.96. The average Bonchev–Trinajstić information content (AvgIpc) is 2.45. The first-order valence-corrected chi connectivity index (χ1v) is 6.90. The summed E-state index contributed by atoms with van der Waals surface area (Å²) in [5, 5.41) is 3.65. The van der Waals surface area contributed by atoms with Gasteiger partial charge in [0.15, 0.2) is 0 Å². The minimum absolute atomic E-state index is 0.564. The molecule has 0 amide bonds. The highest BCUT2D eigenvalue weighted by Gasteiger charge is 2.23. The number of ether oxygens (including phenoxy) is 1. The van der Waals surface area contributed by atoms with Crippen molar-refractivity contribution in [2.24, 2.45) is 11.7 Å². The summed E-state index contributed by atoms with van der Waals surface area (Å²) in [5.41, 5.74) is 7.08. The number of benzene rings is 1. The zero-order chi connectivity index (χ0) is 12.8. The molecular weight excluding hydrogens is 224 g/mol. The maximum atomic E-state index is 5.85. The monoisotopic (exact) mass is 248 g/mol. The highest BCUT2D eigenvalue weighted by atomic mass is 16.5. The molecule has 0 heterocycles. The molecule has 1 saturated carbocycles. The molecule has 18 heavy (non-hydrogen) atoms. The van der Waals surface area contributed by atoms with E-state index in [0.29, 0.717) is 12.0 Å². The van der Waals surface area contributed by atoms with E-state index >= 15 is 0 Å². The largest absolute Gasteiger partial charge is 0.496 e. The van der Waals surface area contributed by atoms with Crippen LogP contribution in [0.15, 0.2) is 24.3 Å². The molecular formula is C15H24N2O. The minimum Gasteiger partial charge on any atom is -0.496 e. The predicted octanol–water partition coefficient (Wildman–Crippen LogP) is 2.30. The van der Waals surface area contributed by atoms with E-state index in [1.165, 1.54) is 31.2 Å². The van der Waals surface area contributed by atoms with Gasteiger partial charge in [-0.1, -0.05) is 31.0 Å². The molecule has 3 nitrogen and oxygen atoms in total. The van der Waals surface area contributed by atoms with E-state index in [4.69, 9.17) is 10.5 Å². The van der Waals surface area contributed by atoms with Crippen LogP contribution in [-0.4, -0.2) is 19.7 Å². The van der Waals surface area contributed by atoms with E-state index in [0.717, 1.165) is 18.8 Å². The highest BCUT2D eigenvalue weighted by molar-refractivity contribution is 5.33. The summed E-state index contributed by atoms with van der Waals surface area (Å²) in [6.07, 6.45) is 5.16. The van der Waals surface area contributed by atoms with Gasteiger partial charge < -0.3 is 15.8 Å². The van der Waals surface area contributed by atoms with E-state index in [1.807, 2.05) is 12.1 Å². The summed E-state index contributed by atoms with van der Waals surface area (Å²) in [6.45, 7) is 1.66. The molecule has 1 aliphatic carbocycles. The van der Waals surface area contributed by atoms with Gasteiger partial charge in [-0.15, -0.1) is 0 Å². The van der Waals surface area contributed by atoms with Crippen LogP contribution in [0.3, 0.4) is 0 Å². The molecule has 0 radical (unpaired) electrons. The SMILES string of the molecule is COc1ccccc1CNC1CCCCC1CN. The quantitative estimate of drug-likeness (QED) is 0.840. The zero-order valence-corrected chi connectivity index (χ0v) is 11.2. The summed E-state index contributed by atoms with van der Waals surface area (Å²) in [4.78, 5) is 0. The van der Waals surface area contributed by atoms with Gasteiger partial charge in [0.2, 0.25) is 0 Å². The van der Waals surface area contributed by atoms with Crippen LogP contribution in [0.25, 0.3) is 0 Å². The summed E-state index contributed by atoms with van der Waals surface area (Å²) < 4.78 is 5.37. The van der Waals surface area contributed by atoms with E-state index in [-0.39, 0.29) is 0 Å². The Kier molecular flexibility index (Phi) is 5.02. The van der Waals surface area contributed by atoms with Gasteiger partial charge in [-0.3, -0.25) is 0 Å². The van der Waals surface area contributed by atoms with Crippen LogP contribution in [0.1, 0.15) is 31.2 Å². The summed E-state index contributed by atoms with van der Waals surface area (Å²) in [7, 11) is 1.72. The van der Waals surface area contributed by atoms with Crippen LogP contribution in [0.4, 0.5) is 0 Å². The number of nitrogens with one attached hydrogen (secondary N) is 1. The Balaban J connectivity index is 1.93. The van der Waals surface area contributed by atoms with Gasteiger partial charge in [0, 0.05) is 18.2 Å². The molecule has 0 spiro atoms. The van der Waals surface area contributed by atoms with Crippen molar-refractivity contribution in [2.45, 2.75) is 38.3 Å². The van der Waals surface area contributed by atoms with Crippen molar-refractivity contribution in [3.63, 3.8) is 0 Å². The molecule has 100 valence electrons.